The Labute approximate surface area is 113 Å². The quantitative estimate of drug-likeness (QED) is 0.898. The summed E-state index contributed by atoms with van der Waals surface area (Å²) in [4.78, 5) is 8.84. The minimum Gasteiger partial charge on any atom is -0.385 e. The van der Waals surface area contributed by atoms with E-state index in [1.807, 2.05) is 23.8 Å². The molecule has 0 aliphatic rings. The molecule has 19 heavy (non-hydrogen) atoms. The van der Waals surface area contributed by atoms with Gasteiger partial charge in [0.25, 0.3) is 0 Å². The van der Waals surface area contributed by atoms with Crippen molar-refractivity contribution in [2.75, 3.05) is 19.5 Å². The van der Waals surface area contributed by atoms with E-state index < -0.39 is 0 Å². The first-order valence-electron chi connectivity index (χ1n) is 6.50. The van der Waals surface area contributed by atoms with Gasteiger partial charge in [0.15, 0.2) is 5.65 Å². The fourth-order valence-electron chi connectivity index (χ4n) is 2.17. The van der Waals surface area contributed by atoms with Gasteiger partial charge in [-0.25, -0.2) is 9.97 Å². The molecule has 0 amide bonds. The molecular weight excluding hydrogens is 240 g/mol. The van der Waals surface area contributed by atoms with Crippen LogP contribution in [0.2, 0.25) is 0 Å². The lowest BCUT2D eigenvalue weighted by atomic mass is 9.89. The molecule has 0 spiro atoms. The summed E-state index contributed by atoms with van der Waals surface area (Å²) >= 11 is 0. The van der Waals surface area contributed by atoms with Crippen molar-refractivity contribution < 1.29 is 4.74 Å². The van der Waals surface area contributed by atoms with Crippen molar-refractivity contribution in [2.24, 2.45) is 5.41 Å². The van der Waals surface area contributed by atoms with Crippen molar-refractivity contribution in [3.63, 3.8) is 0 Å². The summed E-state index contributed by atoms with van der Waals surface area (Å²) in [6.07, 6.45) is 2.82. The van der Waals surface area contributed by atoms with Crippen LogP contribution in [-0.2, 0) is 11.3 Å². The molecule has 0 saturated carbocycles. The maximum absolute atomic E-state index is 6.02. The van der Waals surface area contributed by atoms with Crippen molar-refractivity contribution in [1.82, 2.24) is 14.5 Å². The lowest BCUT2D eigenvalue weighted by Gasteiger charge is -2.25. The minimum absolute atomic E-state index is 0.0876. The second-order valence-corrected chi connectivity index (χ2v) is 5.82. The number of aromatic nitrogens is 3. The molecule has 0 saturated heterocycles. The summed E-state index contributed by atoms with van der Waals surface area (Å²) in [5.41, 5.74) is 8.92. The maximum Gasteiger partial charge on any atom is 0.202 e. The van der Waals surface area contributed by atoms with E-state index in [9.17, 15) is 0 Å². The zero-order valence-electron chi connectivity index (χ0n) is 12.1. The Morgan fingerprint density at radius 1 is 1.42 bits per heavy atom. The third-order valence-electron chi connectivity index (χ3n) is 3.32. The Balaban J connectivity index is 2.32. The van der Waals surface area contributed by atoms with E-state index in [0.717, 1.165) is 36.3 Å². The molecule has 0 atom stereocenters. The number of nitrogen functional groups attached to an aromatic ring is 1. The van der Waals surface area contributed by atoms with Gasteiger partial charge in [-0.1, -0.05) is 13.8 Å². The van der Waals surface area contributed by atoms with Crippen LogP contribution < -0.4 is 5.73 Å². The van der Waals surface area contributed by atoms with E-state index in [1.54, 1.807) is 7.11 Å². The molecule has 2 heterocycles. The van der Waals surface area contributed by atoms with Crippen LogP contribution in [0.3, 0.4) is 0 Å². The van der Waals surface area contributed by atoms with E-state index >= 15 is 0 Å². The molecule has 0 bridgehead atoms. The number of hydrogen-bond donors (Lipinski definition) is 1. The highest BCUT2D eigenvalue weighted by Crippen LogP contribution is 2.27. The van der Waals surface area contributed by atoms with Gasteiger partial charge in [0.05, 0.1) is 0 Å². The van der Waals surface area contributed by atoms with Crippen LogP contribution in [0.15, 0.2) is 12.3 Å². The number of imidazole rings is 1. The molecule has 2 N–H and O–H groups in total. The van der Waals surface area contributed by atoms with Crippen molar-refractivity contribution in [1.29, 1.82) is 0 Å². The summed E-state index contributed by atoms with van der Waals surface area (Å²) in [6, 6.07) is 2.01. The Bertz CT molecular complexity index is 574. The molecule has 0 aliphatic carbocycles. The topological polar surface area (TPSA) is 66.0 Å². The molecule has 0 unspecified atom stereocenters. The van der Waals surface area contributed by atoms with Gasteiger partial charge in [0.2, 0.25) is 5.95 Å². The summed E-state index contributed by atoms with van der Waals surface area (Å²) in [7, 11) is 1.72. The number of aryl methyl sites for hydroxylation is 1. The number of hydrogen-bond acceptors (Lipinski definition) is 4. The highest BCUT2D eigenvalue weighted by Gasteiger charge is 2.21. The van der Waals surface area contributed by atoms with Crippen LogP contribution in [0, 0.1) is 12.3 Å². The Hall–Kier alpha value is -1.62. The van der Waals surface area contributed by atoms with E-state index in [0.29, 0.717) is 5.95 Å². The molecule has 5 nitrogen and oxygen atoms in total. The molecule has 5 heteroatoms. The van der Waals surface area contributed by atoms with E-state index in [-0.39, 0.29) is 5.41 Å². The van der Waals surface area contributed by atoms with Gasteiger partial charge in [0.1, 0.15) is 5.52 Å². The Morgan fingerprint density at radius 3 is 2.84 bits per heavy atom. The zero-order chi connectivity index (χ0) is 14.0. The number of rotatable bonds is 5. The molecular formula is C14H22N4O. The highest BCUT2D eigenvalue weighted by atomic mass is 16.5. The predicted molar refractivity (Wildman–Crippen MR) is 77.0 cm³/mol. The number of nitrogens with two attached hydrogens (primary N) is 1. The average molecular weight is 262 g/mol. The van der Waals surface area contributed by atoms with Crippen molar-refractivity contribution in [2.45, 2.75) is 33.7 Å². The minimum atomic E-state index is 0.0876. The lowest BCUT2D eigenvalue weighted by molar-refractivity contribution is 0.143. The fourth-order valence-corrected chi connectivity index (χ4v) is 2.17. The zero-order valence-corrected chi connectivity index (χ0v) is 12.1. The summed E-state index contributed by atoms with van der Waals surface area (Å²) in [5, 5.41) is 0. The van der Waals surface area contributed by atoms with Gasteiger partial charge in [-0.3, -0.25) is 4.57 Å². The monoisotopic (exact) mass is 262 g/mol. The van der Waals surface area contributed by atoms with Gasteiger partial charge in [-0.15, -0.1) is 0 Å². The highest BCUT2D eigenvalue weighted by molar-refractivity contribution is 5.74. The van der Waals surface area contributed by atoms with Gasteiger partial charge in [-0.2, -0.15) is 0 Å². The second kappa shape index (κ2) is 5.17. The van der Waals surface area contributed by atoms with E-state index in [2.05, 4.69) is 23.8 Å². The van der Waals surface area contributed by atoms with Crippen LogP contribution in [0.5, 0.6) is 0 Å². The van der Waals surface area contributed by atoms with Crippen LogP contribution >= 0.6 is 0 Å². The smallest absolute Gasteiger partial charge is 0.202 e. The summed E-state index contributed by atoms with van der Waals surface area (Å²) in [5.74, 6) is 0.526. The van der Waals surface area contributed by atoms with Crippen LogP contribution in [0.25, 0.3) is 11.2 Å². The third kappa shape index (κ3) is 3.04. The average Bonchev–Trinajstić information content (AvgIpc) is 2.62. The van der Waals surface area contributed by atoms with Gasteiger partial charge in [-0.05, 0) is 30.4 Å². The molecule has 2 aromatic rings. The number of ether oxygens (including phenoxy) is 1. The van der Waals surface area contributed by atoms with Crippen LogP contribution in [-0.4, -0.2) is 28.3 Å². The number of pyridine rings is 1. The summed E-state index contributed by atoms with van der Waals surface area (Å²) in [6.45, 7) is 7.93. The lowest BCUT2D eigenvalue weighted by Crippen LogP contribution is -2.22. The van der Waals surface area contributed by atoms with Gasteiger partial charge in [0, 0.05) is 26.5 Å². The number of methoxy groups -OCH3 is 1. The summed E-state index contributed by atoms with van der Waals surface area (Å²) < 4.78 is 7.15. The first kappa shape index (κ1) is 13.8. The molecule has 104 valence electrons. The first-order valence-corrected chi connectivity index (χ1v) is 6.50. The fraction of sp³-hybridized carbons (Fsp3) is 0.571. The molecule has 0 aliphatic heterocycles. The van der Waals surface area contributed by atoms with Crippen LogP contribution in [0.4, 0.5) is 5.95 Å². The molecule has 2 rings (SSSR count). The Kier molecular flexibility index (Phi) is 3.75. The van der Waals surface area contributed by atoms with Crippen molar-refractivity contribution in [3.8, 4) is 0 Å². The Morgan fingerprint density at radius 2 is 2.16 bits per heavy atom. The standard InChI is InChI=1S/C14H22N4O/c1-10-7-11-12(16-8-10)18(13(15)17-11)9-14(2,3)5-6-19-4/h7-8H,5-6,9H2,1-4H3,(H2,15,17). The first-order chi connectivity index (χ1) is 8.93. The van der Waals surface area contributed by atoms with Gasteiger partial charge < -0.3 is 10.5 Å². The molecule has 0 aromatic carbocycles. The van der Waals surface area contributed by atoms with E-state index in [1.165, 1.54) is 0 Å². The molecule has 0 fully saturated rings. The predicted octanol–water partition coefficient (Wildman–Crippen LogP) is 2.38. The van der Waals surface area contributed by atoms with E-state index in [4.69, 9.17) is 10.5 Å². The number of anilines is 1. The van der Waals surface area contributed by atoms with Crippen LogP contribution in [0.1, 0.15) is 25.8 Å². The SMILES string of the molecule is COCCC(C)(C)Cn1c(N)nc2cc(C)cnc21. The second-order valence-electron chi connectivity index (χ2n) is 5.82. The van der Waals surface area contributed by atoms with Crippen molar-refractivity contribution >= 4 is 17.1 Å². The van der Waals surface area contributed by atoms with Crippen molar-refractivity contribution in [3.05, 3.63) is 17.8 Å². The largest absolute Gasteiger partial charge is 0.385 e. The third-order valence-corrected chi connectivity index (χ3v) is 3.32. The molecule has 2 aromatic heterocycles. The number of fused-ring (bicyclic) bond motifs is 1. The molecule has 0 radical (unpaired) electrons. The number of nitrogens with zero attached hydrogens (tertiary/aromatic N) is 3. The maximum atomic E-state index is 6.02. The normalized spacial score (nSPS) is 12.2. The van der Waals surface area contributed by atoms with Gasteiger partial charge >= 0.3 is 0 Å².